The van der Waals surface area contributed by atoms with Gasteiger partial charge in [-0.2, -0.15) is 0 Å². The van der Waals surface area contributed by atoms with E-state index in [0.29, 0.717) is 48.7 Å². The van der Waals surface area contributed by atoms with E-state index in [2.05, 4.69) is 31.0 Å². The van der Waals surface area contributed by atoms with Gasteiger partial charge in [0.15, 0.2) is 0 Å². The smallest absolute Gasteiger partial charge is 0.255 e. The SMILES string of the molecule is CC(C)(C)CC(=O)CCN1[C@@H]2CC[C@H]1CC(CNC(=O)c1coc3ccccc13)C2. The Balaban J connectivity index is 1.27. The Morgan fingerprint density at radius 1 is 1.13 bits per heavy atom. The average molecular weight is 411 g/mol. The molecule has 0 aliphatic carbocycles. The summed E-state index contributed by atoms with van der Waals surface area (Å²) in [6.45, 7) is 7.98. The Kier molecular flexibility index (Phi) is 6.01. The van der Waals surface area contributed by atoms with E-state index >= 15 is 0 Å². The number of hydrogen-bond acceptors (Lipinski definition) is 4. The van der Waals surface area contributed by atoms with Crippen LogP contribution in [0.3, 0.4) is 0 Å². The van der Waals surface area contributed by atoms with Gasteiger partial charge in [0, 0.05) is 43.4 Å². The molecule has 2 saturated heterocycles. The lowest BCUT2D eigenvalue weighted by atomic mass is 9.88. The fraction of sp³-hybridized carbons (Fsp3) is 0.600. The zero-order valence-corrected chi connectivity index (χ0v) is 18.4. The zero-order valence-electron chi connectivity index (χ0n) is 18.4. The molecule has 1 unspecified atom stereocenters. The molecule has 5 nitrogen and oxygen atoms in total. The fourth-order valence-electron chi connectivity index (χ4n) is 5.34. The lowest BCUT2D eigenvalue weighted by Crippen LogP contribution is -2.46. The van der Waals surface area contributed by atoms with Gasteiger partial charge < -0.3 is 9.73 Å². The van der Waals surface area contributed by atoms with Gasteiger partial charge in [-0.25, -0.2) is 0 Å². The predicted molar refractivity (Wildman–Crippen MR) is 118 cm³/mol. The molecule has 2 bridgehead atoms. The molecule has 3 heterocycles. The van der Waals surface area contributed by atoms with Crippen molar-refractivity contribution in [3.63, 3.8) is 0 Å². The molecule has 1 amide bonds. The van der Waals surface area contributed by atoms with Gasteiger partial charge >= 0.3 is 0 Å². The third-order valence-corrected chi connectivity index (χ3v) is 6.64. The van der Waals surface area contributed by atoms with Crippen molar-refractivity contribution in [3.8, 4) is 0 Å². The fourth-order valence-corrected chi connectivity index (χ4v) is 5.34. The number of rotatable bonds is 7. The molecule has 162 valence electrons. The summed E-state index contributed by atoms with van der Waals surface area (Å²) in [5.41, 5.74) is 1.43. The minimum atomic E-state index is -0.0532. The molecule has 0 saturated carbocycles. The number of nitrogens with zero attached hydrogens (tertiary/aromatic N) is 1. The topological polar surface area (TPSA) is 62.6 Å². The number of fused-ring (bicyclic) bond motifs is 3. The molecule has 5 heteroatoms. The zero-order chi connectivity index (χ0) is 21.3. The van der Waals surface area contributed by atoms with E-state index < -0.39 is 0 Å². The second-order valence-electron chi connectivity index (χ2n) is 10.3. The minimum absolute atomic E-state index is 0.0532. The van der Waals surface area contributed by atoms with E-state index in [4.69, 9.17) is 4.42 Å². The van der Waals surface area contributed by atoms with Crippen LogP contribution in [-0.2, 0) is 4.79 Å². The van der Waals surface area contributed by atoms with E-state index in [9.17, 15) is 9.59 Å². The highest BCUT2D eigenvalue weighted by Gasteiger charge is 2.40. The molecule has 0 spiro atoms. The van der Waals surface area contributed by atoms with Crippen LogP contribution in [0, 0.1) is 11.3 Å². The van der Waals surface area contributed by atoms with Crippen molar-refractivity contribution in [1.29, 1.82) is 0 Å². The highest BCUT2D eigenvalue weighted by atomic mass is 16.3. The van der Waals surface area contributed by atoms with Gasteiger partial charge in [0.25, 0.3) is 5.91 Å². The van der Waals surface area contributed by atoms with Crippen molar-refractivity contribution in [1.82, 2.24) is 10.2 Å². The number of benzene rings is 1. The first-order valence-corrected chi connectivity index (χ1v) is 11.3. The molecule has 2 aliphatic heterocycles. The summed E-state index contributed by atoms with van der Waals surface area (Å²) in [7, 11) is 0. The summed E-state index contributed by atoms with van der Waals surface area (Å²) < 4.78 is 5.50. The van der Waals surface area contributed by atoms with Crippen LogP contribution in [0.2, 0.25) is 0 Å². The van der Waals surface area contributed by atoms with Gasteiger partial charge in [0.1, 0.15) is 17.6 Å². The first kappa shape index (κ1) is 21.1. The number of para-hydroxylation sites is 1. The first-order valence-electron chi connectivity index (χ1n) is 11.3. The maximum atomic E-state index is 12.7. The Morgan fingerprint density at radius 3 is 2.53 bits per heavy atom. The summed E-state index contributed by atoms with van der Waals surface area (Å²) in [5.74, 6) is 0.831. The normalized spacial score (nSPS) is 24.3. The first-order chi connectivity index (χ1) is 14.3. The third-order valence-electron chi connectivity index (χ3n) is 6.64. The van der Waals surface area contributed by atoms with E-state index in [1.807, 2.05) is 24.3 Å². The van der Waals surface area contributed by atoms with E-state index in [1.54, 1.807) is 6.26 Å². The summed E-state index contributed by atoms with van der Waals surface area (Å²) in [5, 5.41) is 4.00. The van der Waals surface area contributed by atoms with Crippen LogP contribution in [0.5, 0.6) is 0 Å². The number of carbonyl (C=O) groups is 2. The number of hydrogen-bond donors (Lipinski definition) is 1. The molecule has 30 heavy (non-hydrogen) atoms. The van der Waals surface area contributed by atoms with Crippen LogP contribution >= 0.6 is 0 Å². The Bertz CT molecular complexity index is 896. The molecule has 3 atom stereocenters. The van der Waals surface area contributed by atoms with E-state index in [0.717, 1.165) is 30.4 Å². The highest BCUT2D eigenvalue weighted by Crippen LogP contribution is 2.38. The maximum Gasteiger partial charge on any atom is 0.255 e. The molecule has 2 aromatic rings. The molecule has 1 aromatic carbocycles. The van der Waals surface area contributed by atoms with E-state index in [-0.39, 0.29) is 11.3 Å². The Hall–Kier alpha value is -2.14. The molecule has 0 radical (unpaired) electrons. The average Bonchev–Trinajstić information content (AvgIpc) is 3.21. The number of amides is 1. The number of carbonyl (C=O) groups excluding carboxylic acids is 2. The lowest BCUT2D eigenvalue weighted by Gasteiger charge is -2.39. The molecule has 1 aromatic heterocycles. The molecule has 2 aliphatic rings. The molecule has 1 N–H and O–H groups in total. The van der Waals surface area contributed by atoms with Crippen molar-refractivity contribution in [3.05, 3.63) is 36.1 Å². The van der Waals surface area contributed by atoms with Crippen LogP contribution in [0.1, 0.15) is 69.7 Å². The number of furan rings is 1. The number of piperidine rings is 1. The van der Waals surface area contributed by atoms with Crippen molar-refractivity contribution in [2.24, 2.45) is 11.3 Å². The van der Waals surface area contributed by atoms with Gasteiger partial charge in [0.05, 0.1) is 5.56 Å². The van der Waals surface area contributed by atoms with Crippen molar-refractivity contribution >= 4 is 22.7 Å². The summed E-state index contributed by atoms with van der Waals surface area (Å²) in [6, 6.07) is 8.76. The second kappa shape index (κ2) is 8.54. The largest absolute Gasteiger partial charge is 0.463 e. The molecule has 2 fully saturated rings. The summed E-state index contributed by atoms with van der Waals surface area (Å²) >= 11 is 0. The van der Waals surface area contributed by atoms with E-state index in [1.165, 1.54) is 12.8 Å². The third kappa shape index (κ3) is 4.77. The van der Waals surface area contributed by atoms with Crippen molar-refractivity contribution in [2.45, 2.75) is 71.4 Å². The van der Waals surface area contributed by atoms with Crippen LogP contribution in [0.4, 0.5) is 0 Å². The highest BCUT2D eigenvalue weighted by molar-refractivity contribution is 6.05. The van der Waals surface area contributed by atoms with Gasteiger partial charge in [-0.3, -0.25) is 14.5 Å². The standard InChI is InChI=1S/C25H34N2O3/c1-25(2,3)14-20(28)10-11-27-18-8-9-19(27)13-17(12-18)15-26-24(29)22-16-30-23-7-5-4-6-21(22)23/h4-7,16-19H,8-15H2,1-3H3,(H,26,29)/t17?,18-,19+. The van der Waals surface area contributed by atoms with Gasteiger partial charge in [0.2, 0.25) is 0 Å². The van der Waals surface area contributed by atoms with Crippen LogP contribution in [0.15, 0.2) is 34.9 Å². The quantitative estimate of drug-likeness (QED) is 0.712. The molecular formula is C25H34N2O3. The van der Waals surface area contributed by atoms with Crippen molar-refractivity contribution < 1.29 is 14.0 Å². The monoisotopic (exact) mass is 410 g/mol. The van der Waals surface area contributed by atoms with Gasteiger partial charge in [-0.1, -0.05) is 39.0 Å². The minimum Gasteiger partial charge on any atom is -0.463 e. The Labute approximate surface area is 179 Å². The summed E-state index contributed by atoms with van der Waals surface area (Å²) in [6.07, 6.45) is 7.53. The second-order valence-corrected chi connectivity index (χ2v) is 10.3. The number of Topliss-reactive ketones (excluding diaryl/α,β-unsaturated/α-hetero) is 1. The number of ketones is 1. The van der Waals surface area contributed by atoms with Crippen LogP contribution in [-0.4, -0.2) is 41.8 Å². The van der Waals surface area contributed by atoms with Crippen LogP contribution < -0.4 is 5.32 Å². The molecular weight excluding hydrogens is 376 g/mol. The predicted octanol–water partition coefficient (Wildman–Crippen LogP) is 4.80. The van der Waals surface area contributed by atoms with Crippen LogP contribution in [0.25, 0.3) is 11.0 Å². The van der Waals surface area contributed by atoms with Crippen molar-refractivity contribution in [2.75, 3.05) is 13.1 Å². The van der Waals surface area contributed by atoms with Gasteiger partial charge in [-0.05, 0) is 43.1 Å². The molecule has 4 rings (SSSR count). The maximum absolute atomic E-state index is 12.7. The lowest BCUT2D eigenvalue weighted by molar-refractivity contribution is -0.121. The van der Waals surface area contributed by atoms with Gasteiger partial charge in [-0.15, -0.1) is 0 Å². The Morgan fingerprint density at radius 2 is 1.83 bits per heavy atom. The summed E-state index contributed by atoms with van der Waals surface area (Å²) in [4.78, 5) is 27.6. The number of nitrogens with one attached hydrogen (secondary N) is 1.